The molecule has 2 fully saturated rings. The smallest absolute Gasteiger partial charge is 0.187 e. The van der Waals surface area contributed by atoms with Crippen LogP contribution >= 0.6 is 0 Å². The Bertz CT molecular complexity index is 535. The molecular weight excluding hydrogens is 452 g/mol. The van der Waals surface area contributed by atoms with Gasteiger partial charge in [-0.1, -0.05) is 58.3 Å². The molecule has 0 amide bonds. The van der Waals surface area contributed by atoms with Gasteiger partial charge in [-0.25, -0.2) is 0 Å². The summed E-state index contributed by atoms with van der Waals surface area (Å²) in [4.78, 5) is 0. The summed E-state index contributed by atoms with van der Waals surface area (Å²) in [5, 5.41) is 70.0. The molecule has 2 rings (SSSR count). The first-order chi connectivity index (χ1) is 16.3. The van der Waals surface area contributed by atoms with Crippen LogP contribution in [0.1, 0.15) is 64.7 Å². The number of unbranched alkanes of at least 4 members (excludes halogenated alkanes) is 8. The summed E-state index contributed by atoms with van der Waals surface area (Å²) in [5.74, 6) is 0. The van der Waals surface area contributed by atoms with E-state index in [1.54, 1.807) is 0 Å². The minimum atomic E-state index is -1.69. The van der Waals surface area contributed by atoms with Crippen molar-refractivity contribution in [2.24, 2.45) is 0 Å². The average molecular weight is 497 g/mol. The van der Waals surface area contributed by atoms with Crippen LogP contribution in [0, 0.1) is 0 Å². The van der Waals surface area contributed by atoms with Gasteiger partial charge in [-0.15, -0.1) is 0 Å². The Kier molecular flexibility index (Phi) is 13.7. The van der Waals surface area contributed by atoms with Crippen LogP contribution in [0.5, 0.6) is 0 Å². The molecule has 0 spiro atoms. The van der Waals surface area contributed by atoms with Gasteiger partial charge in [-0.2, -0.15) is 0 Å². The molecule has 10 atom stereocenters. The highest BCUT2D eigenvalue weighted by Gasteiger charge is 2.50. The lowest BCUT2D eigenvalue weighted by atomic mass is 9.97. The lowest BCUT2D eigenvalue weighted by Crippen LogP contribution is -2.64. The summed E-state index contributed by atoms with van der Waals surface area (Å²) in [7, 11) is 0. The van der Waals surface area contributed by atoms with Crippen molar-refractivity contribution in [3.05, 3.63) is 0 Å². The molecule has 2 heterocycles. The van der Waals surface area contributed by atoms with Gasteiger partial charge in [0, 0.05) is 6.61 Å². The lowest BCUT2D eigenvalue weighted by molar-refractivity contribution is -0.359. The molecule has 0 saturated carbocycles. The summed E-state index contributed by atoms with van der Waals surface area (Å²) in [6, 6.07) is 0. The maximum Gasteiger partial charge on any atom is 0.187 e. The normalized spacial score (nSPS) is 38.8. The second-order valence-corrected chi connectivity index (χ2v) is 9.20. The molecule has 7 N–H and O–H groups in total. The van der Waals surface area contributed by atoms with Crippen LogP contribution in [0.3, 0.4) is 0 Å². The van der Waals surface area contributed by atoms with Crippen molar-refractivity contribution in [1.29, 1.82) is 0 Å². The van der Waals surface area contributed by atoms with Crippen LogP contribution in [0.4, 0.5) is 0 Å². The summed E-state index contributed by atoms with van der Waals surface area (Å²) in [5.41, 5.74) is 0. The second-order valence-electron chi connectivity index (χ2n) is 9.20. The molecule has 0 aromatic heterocycles. The van der Waals surface area contributed by atoms with Gasteiger partial charge in [-0.3, -0.25) is 0 Å². The molecule has 11 nitrogen and oxygen atoms in total. The van der Waals surface area contributed by atoms with Gasteiger partial charge in [0.1, 0.15) is 48.8 Å². The van der Waals surface area contributed by atoms with E-state index in [1.165, 1.54) is 38.5 Å². The lowest BCUT2D eigenvalue weighted by Gasteiger charge is -2.45. The highest BCUT2D eigenvalue weighted by molar-refractivity contribution is 4.94. The third kappa shape index (κ3) is 8.31. The zero-order chi connectivity index (χ0) is 25.1. The molecule has 0 aromatic carbocycles. The van der Waals surface area contributed by atoms with Gasteiger partial charge >= 0.3 is 0 Å². The quantitative estimate of drug-likeness (QED) is 0.141. The molecule has 202 valence electrons. The molecule has 34 heavy (non-hydrogen) atoms. The Morgan fingerprint density at radius 2 is 1.12 bits per heavy atom. The topological polar surface area (TPSA) is 179 Å². The van der Waals surface area contributed by atoms with E-state index in [1.807, 2.05) is 0 Å². The minimum Gasteiger partial charge on any atom is -0.394 e. The van der Waals surface area contributed by atoms with Crippen molar-refractivity contribution < 1.29 is 54.7 Å². The highest BCUT2D eigenvalue weighted by Crippen LogP contribution is 2.29. The van der Waals surface area contributed by atoms with Crippen LogP contribution in [0.15, 0.2) is 0 Å². The number of hydrogen-bond acceptors (Lipinski definition) is 11. The van der Waals surface area contributed by atoms with Gasteiger partial charge in [0.2, 0.25) is 0 Å². The first-order valence-corrected chi connectivity index (χ1v) is 12.6. The zero-order valence-corrected chi connectivity index (χ0v) is 20.0. The molecule has 2 aliphatic rings. The van der Waals surface area contributed by atoms with Crippen LogP contribution < -0.4 is 0 Å². The van der Waals surface area contributed by atoms with E-state index in [4.69, 9.17) is 18.9 Å². The molecule has 2 saturated heterocycles. The standard InChI is InChI=1S/C23H44O11/c1-2-3-4-5-6-7-8-9-10-11-31-22-20(30)18(28)21(15(13-25)33-22)34-23-19(29)17(27)16(26)14(12-24)32-23/h14-30H,2-13H2,1H3/t14?,15?,16-,17-,18+,19?,20?,21-,22-,23-/m1/s1. The SMILES string of the molecule is CCCCCCCCCCCO[C@@H]1OC(CO)[C@@H](O[C@H]2OC(CO)[C@@H](O)[C@@H](O)C2O)[C@@H](O)C1O. The summed E-state index contributed by atoms with van der Waals surface area (Å²) in [6.45, 7) is 1.29. The maximum atomic E-state index is 10.6. The van der Waals surface area contributed by atoms with Crippen molar-refractivity contribution >= 4 is 0 Å². The summed E-state index contributed by atoms with van der Waals surface area (Å²) >= 11 is 0. The fourth-order valence-electron chi connectivity index (χ4n) is 4.31. The summed E-state index contributed by atoms with van der Waals surface area (Å²) < 4.78 is 22.0. The van der Waals surface area contributed by atoms with E-state index < -0.39 is 74.6 Å². The monoisotopic (exact) mass is 496 g/mol. The first-order valence-electron chi connectivity index (χ1n) is 12.6. The Hall–Kier alpha value is -0.440. The third-order valence-corrected chi connectivity index (χ3v) is 6.49. The van der Waals surface area contributed by atoms with E-state index in [9.17, 15) is 35.7 Å². The molecule has 0 radical (unpaired) electrons. The van der Waals surface area contributed by atoms with E-state index in [0.29, 0.717) is 6.61 Å². The van der Waals surface area contributed by atoms with E-state index >= 15 is 0 Å². The third-order valence-electron chi connectivity index (χ3n) is 6.49. The van der Waals surface area contributed by atoms with Crippen molar-refractivity contribution in [2.45, 2.75) is 126 Å². The molecule has 0 aromatic rings. The van der Waals surface area contributed by atoms with E-state index in [0.717, 1.165) is 19.3 Å². The summed E-state index contributed by atoms with van der Waals surface area (Å²) in [6.07, 6.45) is -3.99. The van der Waals surface area contributed by atoms with Crippen LogP contribution in [-0.2, 0) is 18.9 Å². The van der Waals surface area contributed by atoms with Gasteiger partial charge in [-0.05, 0) is 6.42 Å². The van der Waals surface area contributed by atoms with Crippen molar-refractivity contribution in [2.75, 3.05) is 19.8 Å². The van der Waals surface area contributed by atoms with Crippen molar-refractivity contribution in [3.8, 4) is 0 Å². The number of rotatable bonds is 15. The Morgan fingerprint density at radius 1 is 0.588 bits per heavy atom. The number of hydrogen-bond donors (Lipinski definition) is 7. The fourth-order valence-corrected chi connectivity index (χ4v) is 4.31. The maximum absolute atomic E-state index is 10.6. The molecule has 4 unspecified atom stereocenters. The van der Waals surface area contributed by atoms with Crippen LogP contribution in [0.25, 0.3) is 0 Å². The predicted molar refractivity (Wildman–Crippen MR) is 120 cm³/mol. The largest absolute Gasteiger partial charge is 0.394 e. The van der Waals surface area contributed by atoms with Crippen LogP contribution in [0.2, 0.25) is 0 Å². The number of aliphatic hydroxyl groups excluding tert-OH is 7. The highest BCUT2D eigenvalue weighted by atomic mass is 16.7. The Morgan fingerprint density at radius 3 is 1.71 bits per heavy atom. The molecule has 11 heteroatoms. The van der Waals surface area contributed by atoms with Gasteiger partial charge in [0.25, 0.3) is 0 Å². The van der Waals surface area contributed by atoms with Crippen molar-refractivity contribution in [1.82, 2.24) is 0 Å². The first kappa shape index (κ1) is 29.8. The Balaban J connectivity index is 1.78. The Labute approximate surface area is 201 Å². The predicted octanol–water partition coefficient (Wildman–Crippen LogP) is -0.842. The molecule has 2 aliphatic heterocycles. The van der Waals surface area contributed by atoms with Crippen molar-refractivity contribution in [3.63, 3.8) is 0 Å². The molecule has 0 aliphatic carbocycles. The number of aliphatic hydroxyl groups is 7. The minimum absolute atomic E-state index is 0.320. The van der Waals surface area contributed by atoms with Gasteiger partial charge in [0.05, 0.1) is 13.2 Å². The van der Waals surface area contributed by atoms with E-state index in [2.05, 4.69) is 6.92 Å². The number of ether oxygens (including phenoxy) is 4. The second kappa shape index (κ2) is 15.6. The average Bonchev–Trinajstić information content (AvgIpc) is 2.84. The van der Waals surface area contributed by atoms with Gasteiger partial charge < -0.3 is 54.7 Å². The van der Waals surface area contributed by atoms with Gasteiger partial charge in [0.15, 0.2) is 12.6 Å². The molecular formula is C23H44O11. The molecule has 0 bridgehead atoms. The zero-order valence-electron chi connectivity index (χ0n) is 20.0. The van der Waals surface area contributed by atoms with Crippen LogP contribution in [-0.4, -0.2) is 117 Å². The van der Waals surface area contributed by atoms with E-state index in [-0.39, 0.29) is 0 Å². The fraction of sp³-hybridized carbons (Fsp3) is 1.00.